The summed E-state index contributed by atoms with van der Waals surface area (Å²) in [7, 11) is 1.88. The normalized spacial score (nSPS) is 18.0. The Labute approximate surface area is 151 Å². The lowest BCUT2D eigenvalue weighted by molar-refractivity contribution is -0.139. The molecule has 1 aliphatic rings. The van der Waals surface area contributed by atoms with E-state index in [1.54, 1.807) is 23.0 Å². The quantitative estimate of drug-likeness (QED) is 0.832. The molecule has 2 aromatic rings. The van der Waals surface area contributed by atoms with E-state index in [0.29, 0.717) is 42.6 Å². The molecule has 0 N–H and O–H groups in total. The van der Waals surface area contributed by atoms with E-state index in [4.69, 9.17) is 27.9 Å². The number of aryl methyl sites for hydroxylation is 2. The number of carbonyl (C=O) groups is 1. The number of benzene rings is 1. The van der Waals surface area contributed by atoms with Gasteiger partial charge in [0.15, 0.2) is 0 Å². The predicted octanol–water partition coefficient (Wildman–Crippen LogP) is 3.26. The van der Waals surface area contributed by atoms with Crippen LogP contribution in [0.1, 0.15) is 23.8 Å². The second-order valence-corrected chi connectivity index (χ2v) is 6.63. The van der Waals surface area contributed by atoms with Crippen molar-refractivity contribution in [3.8, 4) is 0 Å². The Kier molecular flexibility index (Phi) is 5.43. The zero-order valence-corrected chi connectivity index (χ0v) is 14.9. The van der Waals surface area contributed by atoms with Gasteiger partial charge in [-0.15, -0.1) is 0 Å². The fourth-order valence-corrected chi connectivity index (χ4v) is 3.14. The van der Waals surface area contributed by atoms with E-state index >= 15 is 0 Å². The van der Waals surface area contributed by atoms with Gasteiger partial charge in [0.25, 0.3) is 0 Å². The van der Waals surface area contributed by atoms with E-state index in [1.807, 2.05) is 24.1 Å². The van der Waals surface area contributed by atoms with Gasteiger partial charge in [-0.05, 0) is 30.2 Å². The maximum absolute atomic E-state index is 12.5. The molecule has 1 atom stereocenters. The van der Waals surface area contributed by atoms with Crippen LogP contribution in [0.4, 0.5) is 0 Å². The standard InChI is InChI=1S/C17H19Cl2N3O2/c1-21-13(6-7-20-21)3-5-17(23)22-8-9-24-16(11-22)12-2-4-14(18)15(19)10-12/h2,4,6-7,10,16H,3,5,8-9,11H2,1H3/t16-/m0/s1. The van der Waals surface area contributed by atoms with Crippen LogP contribution >= 0.6 is 23.2 Å². The van der Waals surface area contributed by atoms with Crippen molar-refractivity contribution in [1.82, 2.24) is 14.7 Å². The van der Waals surface area contributed by atoms with Gasteiger partial charge in [0, 0.05) is 31.9 Å². The Bertz CT molecular complexity index is 732. The van der Waals surface area contributed by atoms with Gasteiger partial charge < -0.3 is 9.64 Å². The SMILES string of the molecule is Cn1nccc1CCC(=O)N1CCO[C@H](c2ccc(Cl)c(Cl)c2)C1. The second kappa shape index (κ2) is 7.55. The molecule has 128 valence electrons. The molecule has 1 fully saturated rings. The summed E-state index contributed by atoms with van der Waals surface area (Å²) in [6.45, 7) is 1.66. The highest BCUT2D eigenvalue weighted by atomic mass is 35.5. The van der Waals surface area contributed by atoms with Crippen LogP contribution in [0.2, 0.25) is 10.0 Å². The van der Waals surface area contributed by atoms with Crippen molar-refractivity contribution in [2.75, 3.05) is 19.7 Å². The van der Waals surface area contributed by atoms with Crippen LogP contribution in [-0.2, 0) is 23.0 Å². The fraction of sp³-hybridized carbons (Fsp3) is 0.412. The van der Waals surface area contributed by atoms with Gasteiger partial charge in [0.2, 0.25) is 5.91 Å². The number of nitrogens with zero attached hydrogens (tertiary/aromatic N) is 3. The molecule has 2 heterocycles. The van der Waals surface area contributed by atoms with Gasteiger partial charge in [-0.3, -0.25) is 9.48 Å². The molecule has 0 bridgehead atoms. The van der Waals surface area contributed by atoms with Gasteiger partial charge in [-0.25, -0.2) is 0 Å². The van der Waals surface area contributed by atoms with Gasteiger partial charge >= 0.3 is 0 Å². The summed E-state index contributed by atoms with van der Waals surface area (Å²) < 4.78 is 7.60. The highest BCUT2D eigenvalue weighted by Gasteiger charge is 2.25. The van der Waals surface area contributed by atoms with Crippen LogP contribution in [-0.4, -0.2) is 40.3 Å². The zero-order chi connectivity index (χ0) is 17.1. The number of halogens is 2. The lowest BCUT2D eigenvalue weighted by Crippen LogP contribution is -2.42. The topological polar surface area (TPSA) is 47.4 Å². The van der Waals surface area contributed by atoms with E-state index in [1.165, 1.54) is 0 Å². The van der Waals surface area contributed by atoms with Crippen molar-refractivity contribution >= 4 is 29.1 Å². The summed E-state index contributed by atoms with van der Waals surface area (Å²) in [6, 6.07) is 7.39. The molecular formula is C17H19Cl2N3O2. The summed E-state index contributed by atoms with van der Waals surface area (Å²) >= 11 is 12.0. The molecule has 0 saturated carbocycles. The molecule has 0 aliphatic carbocycles. The molecule has 0 unspecified atom stereocenters. The minimum Gasteiger partial charge on any atom is -0.370 e. The molecule has 7 heteroatoms. The van der Waals surface area contributed by atoms with Crippen molar-refractivity contribution in [3.63, 3.8) is 0 Å². The molecule has 24 heavy (non-hydrogen) atoms. The first-order valence-corrected chi connectivity index (χ1v) is 8.61. The lowest BCUT2D eigenvalue weighted by atomic mass is 10.1. The fourth-order valence-electron chi connectivity index (χ4n) is 2.83. The van der Waals surface area contributed by atoms with E-state index in [2.05, 4.69) is 5.10 Å². The highest BCUT2D eigenvalue weighted by molar-refractivity contribution is 6.42. The second-order valence-electron chi connectivity index (χ2n) is 5.82. The maximum Gasteiger partial charge on any atom is 0.223 e. The number of ether oxygens (including phenoxy) is 1. The van der Waals surface area contributed by atoms with Crippen molar-refractivity contribution in [2.24, 2.45) is 7.05 Å². The number of hydrogen-bond acceptors (Lipinski definition) is 3. The van der Waals surface area contributed by atoms with E-state index in [-0.39, 0.29) is 12.0 Å². The molecule has 1 amide bonds. The first-order valence-electron chi connectivity index (χ1n) is 7.86. The Balaban J connectivity index is 1.61. The van der Waals surface area contributed by atoms with Crippen LogP contribution < -0.4 is 0 Å². The van der Waals surface area contributed by atoms with Crippen molar-refractivity contribution in [1.29, 1.82) is 0 Å². The molecule has 1 aromatic carbocycles. The van der Waals surface area contributed by atoms with Crippen LogP contribution in [0.25, 0.3) is 0 Å². The number of hydrogen-bond donors (Lipinski definition) is 0. The molecule has 0 radical (unpaired) electrons. The molecule has 1 aliphatic heterocycles. The molecule has 5 nitrogen and oxygen atoms in total. The molecule has 1 saturated heterocycles. The Morgan fingerprint density at radius 3 is 2.88 bits per heavy atom. The predicted molar refractivity (Wildman–Crippen MR) is 93.3 cm³/mol. The highest BCUT2D eigenvalue weighted by Crippen LogP contribution is 2.29. The van der Waals surface area contributed by atoms with Crippen LogP contribution in [0.15, 0.2) is 30.5 Å². The zero-order valence-electron chi connectivity index (χ0n) is 13.4. The molecule has 3 rings (SSSR count). The third-order valence-corrected chi connectivity index (χ3v) is 4.99. The molecule has 1 aromatic heterocycles. The Morgan fingerprint density at radius 2 is 2.17 bits per heavy atom. The average Bonchev–Trinajstić information content (AvgIpc) is 3.00. The van der Waals surface area contributed by atoms with Crippen molar-refractivity contribution < 1.29 is 9.53 Å². The lowest BCUT2D eigenvalue weighted by Gasteiger charge is -2.33. The van der Waals surface area contributed by atoms with E-state index < -0.39 is 0 Å². The average molecular weight is 368 g/mol. The van der Waals surface area contributed by atoms with Crippen molar-refractivity contribution in [2.45, 2.75) is 18.9 Å². The third kappa shape index (κ3) is 3.91. The van der Waals surface area contributed by atoms with Crippen LogP contribution in [0.5, 0.6) is 0 Å². The summed E-state index contributed by atoms with van der Waals surface area (Å²) in [5.74, 6) is 0.129. The number of amides is 1. The van der Waals surface area contributed by atoms with Crippen molar-refractivity contribution in [3.05, 3.63) is 51.8 Å². The summed E-state index contributed by atoms with van der Waals surface area (Å²) in [4.78, 5) is 14.4. The minimum atomic E-state index is -0.172. The van der Waals surface area contributed by atoms with Gasteiger partial charge in [-0.1, -0.05) is 29.3 Å². The van der Waals surface area contributed by atoms with Gasteiger partial charge in [-0.2, -0.15) is 5.10 Å². The Morgan fingerprint density at radius 1 is 1.33 bits per heavy atom. The summed E-state index contributed by atoms with van der Waals surface area (Å²) in [5, 5.41) is 5.13. The molecular weight excluding hydrogens is 349 g/mol. The third-order valence-electron chi connectivity index (χ3n) is 4.25. The number of aromatic nitrogens is 2. The number of rotatable bonds is 4. The first kappa shape index (κ1) is 17.3. The monoisotopic (exact) mass is 367 g/mol. The van der Waals surface area contributed by atoms with Gasteiger partial charge in [0.1, 0.15) is 6.10 Å². The Hall–Kier alpha value is -1.56. The smallest absolute Gasteiger partial charge is 0.223 e. The summed E-state index contributed by atoms with van der Waals surface area (Å²) in [5.41, 5.74) is 1.99. The number of carbonyl (C=O) groups excluding carboxylic acids is 1. The number of morpholine rings is 1. The summed E-state index contributed by atoms with van der Waals surface area (Å²) in [6.07, 6.45) is 2.72. The van der Waals surface area contributed by atoms with E-state index in [0.717, 1.165) is 11.3 Å². The van der Waals surface area contributed by atoms with Crippen LogP contribution in [0.3, 0.4) is 0 Å². The molecule has 0 spiro atoms. The maximum atomic E-state index is 12.5. The minimum absolute atomic E-state index is 0.129. The van der Waals surface area contributed by atoms with Gasteiger partial charge in [0.05, 0.1) is 23.2 Å². The largest absolute Gasteiger partial charge is 0.370 e. The first-order chi connectivity index (χ1) is 11.5. The van der Waals surface area contributed by atoms with E-state index in [9.17, 15) is 4.79 Å². The van der Waals surface area contributed by atoms with Crippen LogP contribution in [0, 0.1) is 0 Å².